The Morgan fingerprint density at radius 2 is 1.79 bits per heavy atom. The largest absolute Gasteiger partial charge is 0.505 e. The summed E-state index contributed by atoms with van der Waals surface area (Å²) >= 11 is 0. The SMILES string of the molecule is NC(=O)c1cnc(Nc2ccccn2)nc1Nc1cccc(-c2nc3ccccc3o2)c1O. The molecule has 0 saturated carbocycles. The zero-order valence-electron chi connectivity index (χ0n) is 17.1. The quantitative estimate of drug-likeness (QED) is 0.288. The van der Waals surface area contributed by atoms with E-state index in [1.807, 2.05) is 24.3 Å². The summed E-state index contributed by atoms with van der Waals surface area (Å²) in [4.78, 5) is 29.0. The van der Waals surface area contributed by atoms with Crippen LogP contribution in [0.5, 0.6) is 5.75 Å². The number of nitrogens with two attached hydrogens (primary N) is 1. The number of aromatic nitrogens is 4. The van der Waals surface area contributed by atoms with Crippen LogP contribution in [0.3, 0.4) is 0 Å². The fraction of sp³-hybridized carbons (Fsp3) is 0. The Hall–Kier alpha value is -4.99. The average molecular weight is 439 g/mol. The fourth-order valence-corrected chi connectivity index (χ4v) is 3.20. The third kappa shape index (κ3) is 4.00. The third-order valence-corrected chi connectivity index (χ3v) is 4.77. The monoisotopic (exact) mass is 439 g/mol. The highest BCUT2D eigenvalue weighted by Crippen LogP contribution is 2.37. The zero-order chi connectivity index (χ0) is 22.8. The first kappa shape index (κ1) is 19.9. The minimum absolute atomic E-state index is 0.0493. The van der Waals surface area contributed by atoms with Crippen molar-refractivity contribution in [1.82, 2.24) is 19.9 Å². The molecule has 5 aromatic rings. The maximum absolute atomic E-state index is 11.9. The van der Waals surface area contributed by atoms with Gasteiger partial charge in [-0.15, -0.1) is 0 Å². The highest BCUT2D eigenvalue weighted by Gasteiger charge is 2.18. The second-order valence-electron chi connectivity index (χ2n) is 6.97. The van der Waals surface area contributed by atoms with Crippen molar-refractivity contribution < 1.29 is 14.3 Å². The van der Waals surface area contributed by atoms with E-state index in [0.717, 1.165) is 0 Å². The number of para-hydroxylation sites is 3. The number of fused-ring (bicyclic) bond motifs is 1. The number of anilines is 4. The van der Waals surface area contributed by atoms with E-state index in [0.29, 0.717) is 22.5 Å². The lowest BCUT2D eigenvalue weighted by Gasteiger charge is -2.13. The van der Waals surface area contributed by atoms with Crippen molar-refractivity contribution in [1.29, 1.82) is 0 Å². The first-order chi connectivity index (χ1) is 16.1. The van der Waals surface area contributed by atoms with Crippen LogP contribution in [0.1, 0.15) is 10.4 Å². The summed E-state index contributed by atoms with van der Waals surface area (Å²) in [5, 5.41) is 16.8. The molecule has 33 heavy (non-hydrogen) atoms. The Labute approximate surface area is 187 Å². The van der Waals surface area contributed by atoms with Gasteiger partial charge < -0.3 is 25.9 Å². The lowest BCUT2D eigenvalue weighted by Crippen LogP contribution is -2.16. The van der Waals surface area contributed by atoms with Gasteiger partial charge in [-0.05, 0) is 36.4 Å². The number of primary amides is 1. The molecule has 0 spiro atoms. The van der Waals surface area contributed by atoms with E-state index in [2.05, 4.69) is 30.6 Å². The van der Waals surface area contributed by atoms with Gasteiger partial charge in [0.25, 0.3) is 5.91 Å². The van der Waals surface area contributed by atoms with Crippen LogP contribution in [-0.2, 0) is 0 Å². The second kappa shape index (κ2) is 8.27. The number of carbonyl (C=O) groups excluding carboxylic acids is 1. The van der Waals surface area contributed by atoms with Crippen molar-refractivity contribution in [3.63, 3.8) is 0 Å². The Balaban J connectivity index is 1.51. The third-order valence-electron chi connectivity index (χ3n) is 4.77. The lowest BCUT2D eigenvalue weighted by atomic mass is 10.1. The van der Waals surface area contributed by atoms with E-state index in [1.165, 1.54) is 6.20 Å². The van der Waals surface area contributed by atoms with Crippen LogP contribution >= 0.6 is 0 Å². The molecule has 2 aromatic carbocycles. The summed E-state index contributed by atoms with van der Waals surface area (Å²) in [7, 11) is 0. The van der Waals surface area contributed by atoms with Gasteiger partial charge in [0, 0.05) is 12.4 Å². The Morgan fingerprint density at radius 3 is 2.58 bits per heavy atom. The molecule has 0 aliphatic rings. The van der Waals surface area contributed by atoms with E-state index in [9.17, 15) is 9.90 Å². The van der Waals surface area contributed by atoms with Crippen molar-refractivity contribution in [2.75, 3.05) is 10.6 Å². The molecule has 10 nitrogen and oxygen atoms in total. The molecule has 0 atom stereocenters. The molecule has 162 valence electrons. The van der Waals surface area contributed by atoms with E-state index in [1.54, 1.807) is 42.6 Å². The number of nitrogens with zero attached hydrogens (tertiary/aromatic N) is 4. The number of phenols is 1. The molecule has 3 heterocycles. The molecule has 1 amide bonds. The Bertz CT molecular complexity index is 1430. The molecule has 3 aromatic heterocycles. The number of nitrogens with one attached hydrogen (secondary N) is 2. The predicted molar refractivity (Wildman–Crippen MR) is 122 cm³/mol. The summed E-state index contributed by atoms with van der Waals surface area (Å²) < 4.78 is 5.77. The summed E-state index contributed by atoms with van der Waals surface area (Å²) in [6, 6.07) is 17.6. The van der Waals surface area contributed by atoms with Gasteiger partial charge in [0.1, 0.15) is 22.7 Å². The standard InChI is InChI=1S/C23H17N7O3/c24-20(32)14-12-26-23(29-18-10-3-4-11-25-18)30-21(14)27-16-8-5-6-13(19(16)31)22-28-15-7-1-2-9-17(15)33-22/h1-12,31H,(H2,24,32)(H2,25,26,27,29,30). The highest BCUT2D eigenvalue weighted by atomic mass is 16.3. The van der Waals surface area contributed by atoms with Gasteiger partial charge in [0.15, 0.2) is 11.3 Å². The first-order valence-electron chi connectivity index (χ1n) is 9.88. The number of oxazole rings is 1. The minimum Gasteiger partial charge on any atom is -0.505 e. The van der Waals surface area contributed by atoms with E-state index in [-0.39, 0.29) is 34.7 Å². The van der Waals surface area contributed by atoms with Gasteiger partial charge in [-0.1, -0.05) is 24.3 Å². The van der Waals surface area contributed by atoms with Crippen LogP contribution in [0, 0.1) is 0 Å². The van der Waals surface area contributed by atoms with Gasteiger partial charge >= 0.3 is 0 Å². The van der Waals surface area contributed by atoms with Gasteiger partial charge in [0.2, 0.25) is 11.8 Å². The van der Waals surface area contributed by atoms with Crippen LogP contribution in [0.4, 0.5) is 23.3 Å². The summed E-state index contributed by atoms with van der Waals surface area (Å²) in [6.45, 7) is 0. The molecular weight excluding hydrogens is 422 g/mol. The van der Waals surface area contributed by atoms with E-state index in [4.69, 9.17) is 10.2 Å². The van der Waals surface area contributed by atoms with Crippen LogP contribution in [0.15, 0.2) is 77.5 Å². The molecule has 0 saturated heterocycles. The lowest BCUT2D eigenvalue weighted by molar-refractivity contribution is 0.100. The number of aromatic hydroxyl groups is 1. The van der Waals surface area contributed by atoms with Crippen molar-refractivity contribution in [2.24, 2.45) is 5.73 Å². The maximum atomic E-state index is 11.9. The minimum atomic E-state index is -0.725. The van der Waals surface area contributed by atoms with E-state index >= 15 is 0 Å². The molecule has 0 aliphatic heterocycles. The van der Waals surface area contributed by atoms with Crippen molar-refractivity contribution in [3.8, 4) is 17.2 Å². The predicted octanol–water partition coefficient (Wildman–Crippen LogP) is 3.97. The topological polar surface area (TPSA) is 152 Å². The van der Waals surface area contributed by atoms with Crippen molar-refractivity contribution in [2.45, 2.75) is 0 Å². The number of hydrogen-bond acceptors (Lipinski definition) is 9. The fourth-order valence-electron chi connectivity index (χ4n) is 3.20. The van der Waals surface area contributed by atoms with E-state index < -0.39 is 5.91 Å². The number of carbonyl (C=O) groups is 1. The smallest absolute Gasteiger partial charge is 0.254 e. The number of pyridine rings is 1. The van der Waals surface area contributed by atoms with Crippen molar-refractivity contribution in [3.05, 3.63) is 78.6 Å². The molecule has 0 bridgehead atoms. The number of amides is 1. The molecular formula is C23H17N7O3. The molecule has 0 fully saturated rings. The maximum Gasteiger partial charge on any atom is 0.254 e. The average Bonchev–Trinajstić information content (AvgIpc) is 3.25. The summed E-state index contributed by atoms with van der Waals surface area (Å²) in [5.74, 6) is 0.231. The second-order valence-corrected chi connectivity index (χ2v) is 6.97. The van der Waals surface area contributed by atoms with Gasteiger partial charge in [0.05, 0.1) is 11.3 Å². The number of rotatable bonds is 6. The summed E-state index contributed by atoms with van der Waals surface area (Å²) in [6.07, 6.45) is 2.92. The van der Waals surface area contributed by atoms with Gasteiger partial charge in [-0.2, -0.15) is 4.98 Å². The van der Waals surface area contributed by atoms with Crippen molar-refractivity contribution >= 4 is 40.3 Å². The molecule has 0 radical (unpaired) electrons. The number of phenolic OH excluding ortho intramolecular Hbond substituents is 1. The number of hydrogen-bond donors (Lipinski definition) is 4. The molecule has 5 rings (SSSR count). The normalized spacial score (nSPS) is 10.8. The summed E-state index contributed by atoms with van der Waals surface area (Å²) in [5.41, 5.74) is 7.46. The number of benzene rings is 2. The van der Waals surface area contributed by atoms with Crippen LogP contribution < -0.4 is 16.4 Å². The molecule has 0 aliphatic carbocycles. The highest BCUT2D eigenvalue weighted by molar-refractivity contribution is 5.98. The van der Waals surface area contributed by atoms with Crippen LogP contribution in [0.2, 0.25) is 0 Å². The Morgan fingerprint density at radius 1 is 0.939 bits per heavy atom. The van der Waals surface area contributed by atoms with Crippen LogP contribution in [-0.4, -0.2) is 30.9 Å². The Kier molecular flexibility index (Phi) is 5.00. The first-order valence-corrected chi connectivity index (χ1v) is 9.88. The molecule has 0 unspecified atom stereocenters. The zero-order valence-corrected chi connectivity index (χ0v) is 17.1. The molecule has 5 N–H and O–H groups in total. The van der Waals surface area contributed by atoms with Gasteiger partial charge in [-0.3, -0.25) is 4.79 Å². The van der Waals surface area contributed by atoms with Gasteiger partial charge in [-0.25, -0.2) is 15.0 Å². The molecule has 10 heteroatoms. The van der Waals surface area contributed by atoms with Crippen LogP contribution in [0.25, 0.3) is 22.6 Å².